The van der Waals surface area contributed by atoms with Crippen molar-refractivity contribution in [2.24, 2.45) is 0 Å². The summed E-state index contributed by atoms with van der Waals surface area (Å²) in [5.41, 5.74) is 1.63. The van der Waals surface area contributed by atoms with Gasteiger partial charge in [0.2, 0.25) is 11.8 Å². The first-order chi connectivity index (χ1) is 24.5. The molecule has 0 saturated heterocycles. The highest BCUT2D eigenvalue weighted by atomic mass is 79.9. The number of hydrogen-bond acceptors (Lipinski definition) is 7. The number of carbonyl (C=O) groups is 2. The first-order valence-electron chi connectivity index (χ1n) is 16.8. The van der Waals surface area contributed by atoms with E-state index in [1.165, 1.54) is 43.2 Å². The van der Waals surface area contributed by atoms with Crippen LogP contribution in [-0.4, -0.2) is 55.8 Å². The van der Waals surface area contributed by atoms with Gasteiger partial charge in [-0.05, 0) is 73.4 Å². The van der Waals surface area contributed by atoms with Crippen LogP contribution in [0.5, 0.6) is 5.75 Å². The van der Waals surface area contributed by atoms with Gasteiger partial charge in [-0.2, -0.15) is 0 Å². The Kier molecular flexibility index (Phi) is 12.5. The largest absolute Gasteiger partial charge is 0.497 e. The van der Waals surface area contributed by atoms with Crippen LogP contribution in [0, 0.1) is 17.0 Å². The topological polar surface area (TPSA) is 139 Å². The number of aryl methyl sites for hydroxylation is 1. The Labute approximate surface area is 306 Å². The fraction of sp³-hybridized carbons (Fsp3) is 0.316. The molecule has 0 radical (unpaired) electrons. The maximum Gasteiger partial charge on any atom is 0.273 e. The smallest absolute Gasteiger partial charge is 0.273 e. The summed E-state index contributed by atoms with van der Waals surface area (Å²) >= 11 is 3.50. The lowest BCUT2D eigenvalue weighted by Crippen LogP contribution is -2.55. The van der Waals surface area contributed by atoms with Crippen LogP contribution >= 0.6 is 15.9 Å². The lowest BCUT2D eigenvalue weighted by molar-refractivity contribution is -0.385. The second-order valence-electron chi connectivity index (χ2n) is 12.6. The molecule has 5 rings (SSSR count). The van der Waals surface area contributed by atoms with E-state index < -0.39 is 33.4 Å². The molecule has 4 aromatic rings. The first kappa shape index (κ1) is 37.5. The minimum Gasteiger partial charge on any atom is -0.497 e. The summed E-state index contributed by atoms with van der Waals surface area (Å²) in [5.74, 6) is -0.482. The number of nitro benzene ring substituents is 1. The van der Waals surface area contributed by atoms with Gasteiger partial charge in [-0.25, -0.2) is 8.42 Å². The van der Waals surface area contributed by atoms with E-state index in [1.54, 1.807) is 12.1 Å². The van der Waals surface area contributed by atoms with Crippen LogP contribution in [0.4, 0.5) is 11.4 Å². The predicted octanol–water partition coefficient (Wildman–Crippen LogP) is 6.96. The summed E-state index contributed by atoms with van der Waals surface area (Å²) < 4.78 is 35.8. The summed E-state index contributed by atoms with van der Waals surface area (Å²) in [6, 6.07) is 25.5. The zero-order valence-corrected chi connectivity index (χ0v) is 30.9. The molecule has 0 aromatic heterocycles. The molecular formula is C38H41BrN4O7S. The molecule has 0 spiro atoms. The van der Waals surface area contributed by atoms with Crippen LogP contribution < -0.4 is 14.4 Å². The fourth-order valence-electron chi connectivity index (χ4n) is 6.28. The Morgan fingerprint density at radius 3 is 2.27 bits per heavy atom. The van der Waals surface area contributed by atoms with E-state index in [4.69, 9.17) is 4.74 Å². The minimum atomic E-state index is -4.55. The second kappa shape index (κ2) is 17.0. The quantitative estimate of drug-likeness (QED) is 0.108. The lowest BCUT2D eigenvalue weighted by atomic mass is 9.94. The van der Waals surface area contributed by atoms with Crippen molar-refractivity contribution >= 4 is 49.1 Å². The molecule has 51 heavy (non-hydrogen) atoms. The Morgan fingerprint density at radius 2 is 1.63 bits per heavy atom. The van der Waals surface area contributed by atoms with Crippen molar-refractivity contribution in [2.75, 3.05) is 18.0 Å². The Balaban J connectivity index is 1.59. The molecule has 1 N–H and O–H groups in total. The number of nitro groups is 1. The second-order valence-corrected chi connectivity index (χ2v) is 15.4. The Bertz CT molecular complexity index is 1950. The van der Waals surface area contributed by atoms with Gasteiger partial charge in [0, 0.05) is 35.1 Å². The van der Waals surface area contributed by atoms with E-state index in [-0.39, 0.29) is 41.2 Å². The summed E-state index contributed by atoms with van der Waals surface area (Å²) in [6.45, 7) is 0.844. The van der Waals surface area contributed by atoms with Crippen molar-refractivity contribution in [3.05, 3.63) is 128 Å². The van der Waals surface area contributed by atoms with Crippen molar-refractivity contribution < 1.29 is 27.7 Å². The molecule has 1 atom stereocenters. The van der Waals surface area contributed by atoms with Gasteiger partial charge >= 0.3 is 0 Å². The number of nitrogens with zero attached hydrogens (tertiary/aromatic N) is 3. The van der Waals surface area contributed by atoms with Crippen molar-refractivity contribution in [3.63, 3.8) is 0 Å². The van der Waals surface area contributed by atoms with E-state index in [0.717, 1.165) is 58.1 Å². The van der Waals surface area contributed by atoms with Crippen LogP contribution in [0.3, 0.4) is 0 Å². The average Bonchev–Trinajstić information content (AvgIpc) is 3.12. The van der Waals surface area contributed by atoms with E-state index in [1.807, 2.05) is 54.6 Å². The number of amides is 2. The maximum atomic E-state index is 14.8. The van der Waals surface area contributed by atoms with E-state index in [2.05, 4.69) is 21.2 Å². The molecule has 11 nitrogen and oxygen atoms in total. The number of halogens is 1. The van der Waals surface area contributed by atoms with Crippen LogP contribution in [0.1, 0.15) is 48.8 Å². The molecule has 1 aliphatic rings. The summed E-state index contributed by atoms with van der Waals surface area (Å²) in [7, 11) is -3.07. The van der Waals surface area contributed by atoms with Gasteiger partial charge in [0.15, 0.2) is 0 Å². The third kappa shape index (κ3) is 9.53. The van der Waals surface area contributed by atoms with Gasteiger partial charge in [0.25, 0.3) is 15.7 Å². The van der Waals surface area contributed by atoms with Gasteiger partial charge in [0.05, 0.1) is 22.6 Å². The molecule has 4 aromatic carbocycles. The monoisotopic (exact) mass is 776 g/mol. The summed E-state index contributed by atoms with van der Waals surface area (Å²) in [6.07, 6.45) is 4.98. The number of anilines is 1. The third-order valence-electron chi connectivity index (χ3n) is 9.07. The van der Waals surface area contributed by atoms with Crippen LogP contribution in [0.25, 0.3) is 0 Å². The molecular weight excluding hydrogens is 736 g/mol. The van der Waals surface area contributed by atoms with Gasteiger partial charge < -0.3 is 15.0 Å². The first-order valence-corrected chi connectivity index (χ1v) is 19.0. The van der Waals surface area contributed by atoms with Crippen LogP contribution in [0.15, 0.2) is 106 Å². The number of carbonyl (C=O) groups excluding carboxylic acids is 2. The number of rotatable bonds is 14. The van der Waals surface area contributed by atoms with Crippen molar-refractivity contribution in [3.8, 4) is 5.75 Å². The van der Waals surface area contributed by atoms with Gasteiger partial charge in [0.1, 0.15) is 18.3 Å². The lowest BCUT2D eigenvalue weighted by Gasteiger charge is -2.35. The summed E-state index contributed by atoms with van der Waals surface area (Å²) in [5, 5.41) is 15.0. The summed E-state index contributed by atoms with van der Waals surface area (Å²) in [4.78, 5) is 41.3. The SMILES string of the molecule is COc1ccc(N(CC(=O)N(Cc2cccc(Br)c2)C(Cc2ccccc2)C(=O)NC2CCCCC2)S(=O)(=O)c2ccc(C)c([N+](=O)[O-])c2)cc1. The number of nitrogens with one attached hydrogen (secondary N) is 1. The third-order valence-corrected chi connectivity index (χ3v) is 11.3. The number of hydrogen-bond donors (Lipinski definition) is 1. The normalized spacial score (nSPS) is 13.9. The molecule has 1 saturated carbocycles. The van der Waals surface area contributed by atoms with Crippen molar-refractivity contribution in [1.82, 2.24) is 10.2 Å². The van der Waals surface area contributed by atoms with Crippen molar-refractivity contribution in [1.29, 1.82) is 0 Å². The molecule has 1 unspecified atom stereocenters. The molecule has 0 bridgehead atoms. The van der Waals surface area contributed by atoms with Gasteiger partial charge in [-0.3, -0.25) is 24.0 Å². The molecule has 1 aliphatic carbocycles. The number of ether oxygens (including phenoxy) is 1. The number of benzene rings is 4. The fourth-order valence-corrected chi connectivity index (χ4v) is 8.16. The molecule has 268 valence electrons. The van der Waals surface area contributed by atoms with E-state index in [0.29, 0.717) is 11.3 Å². The van der Waals surface area contributed by atoms with E-state index >= 15 is 0 Å². The van der Waals surface area contributed by atoms with Crippen LogP contribution in [-0.2, 0) is 32.6 Å². The minimum absolute atomic E-state index is 0.0142. The van der Waals surface area contributed by atoms with Gasteiger partial charge in [-0.1, -0.05) is 83.7 Å². The molecule has 0 aliphatic heterocycles. The van der Waals surface area contributed by atoms with Gasteiger partial charge in [-0.15, -0.1) is 0 Å². The van der Waals surface area contributed by atoms with Crippen molar-refractivity contribution in [2.45, 2.75) is 69.0 Å². The highest BCUT2D eigenvalue weighted by Gasteiger charge is 2.36. The van der Waals surface area contributed by atoms with Crippen LogP contribution in [0.2, 0.25) is 0 Å². The Hall–Kier alpha value is -4.75. The highest BCUT2D eigenvalue weighted by Crippen LogP contribution is 2.30. The zero-order chi connectivity index (χ0) is 36.5. The molecule has 13 heteroatoms. The predicted molar refractivity (Wildman–Crippen MR) is 199 cm³/mol. The molecule has 2 amide bonds. The maximum absolute atomic E-state index is 14.8. The average molecular weight is 778 g/mol. The molecule has 1 fully saturated rings. The molecule has 0 heterocycles. The standard InChI is InChI=1S/C38H41BrN4O7S/c1-27-16-21-34(24-35(27)43(46)47)51(48,49)42(32-17-19-33(50-2)20-18-32)26-37(44)41(25-29-12-9-13-30(39)22-29)36(23-28-10-5-3-6-11-28)38(45)40-31-14-7-4-8-15-31/h3,5-6,9-13,16-22,24,31,36H,4,7-8,14-15,23,25-26H2,1-2H3,(H,40,45). The highest BCUT2D eigenvalue weighted by molar-refractivity contribution is 9.10. The number of methoxy groups -OCH3 is 1. The zero-order valence-electron chi connectivity index (χ0n) is 28.5. The van der Waals surface area contributed by atoms with E-state index in [9.17, 15) is 28.1 Å². The Morgan fingerprint density at radius 1 is 0.941 bits per heavy atom. The number of sulfonamides is 1.